The van der Waals surface area contributed by atoms with Gasteiger partial charge in [-0.2, -0.15) is 5.10 Å². The number of hydrogen-bond acceptors (Lipinski definition) is 8. The Bertz CT molecular complexity index is 1820. The number of anilines is 1. The molecule has 43 heavy (non-hydrogen) atoms. The number of nitro groups is 1. The summed E-state index contributed by atoms with van der Waals surface area (Å²) in [6.07, 6.45) is 1.48. The van der Waals surface area contributed by atoms with Crippen molar-refractivity contribution in [2.75, 3.05) is 25.1 Å². The highest BCUT2D eigenvalue weighted by atomic mass is 32.2. The van der Waals surface area contributed by atoms with E-state index in [1.165, 1.54) is 50.8 Å². The highest BCUT2D eigenvalue weighted by Crippen LogP contribution is 2.37. The van der Waals surface area contributed by atoms with Gasteiger partial charge in [-0.3, -0.25) is 19.2 Å². The Hall–Kier alpha value is -5.17. The van der Waals surface area contributed by atoms with Gasteiger partial charge in [-0.1, -0.05) is 30.3 Å². The lowest BCUT2D eigenvalue weighted by molar-refractivity contribution is -0.387. The summed E-state index contributed by atoms with van der Waals surface area (Å²) in [4.78, 5) is 23.4. The van der Waals surface area contributed by atoms with Crippen molar-refractivity contribution in [3.05, 3.63) is 105 Å². The molecule has 4 rings (SSSR count). The summed E-state index contributed by atoms with van der Waals surface area (Å²) in [5, 5.41) is 15.7. The maximum Gasteiger partial charge on any atom is 0.289 e. The summed E-state index contributed by atoms with van der Waals surface area (Å²) < 4.78 is 41.2. The monoisotopic (exact) mass is 605 g/mol. The molecule has 0 saturated carbocycles. The van der Waals surface area contributed by atoms with Crippen LogP contribution in [0.5, 0.6) is 11.5 Å². The average Bonchev–Trinajstić information content (AvgIpc) is 3.27. The van der Waals surface area contributed by atoms with Gasteiger partial charge in [0.15, 0.2) is 4.90 Å². The summed E-state index contributed by atoms with van der Waals surface area (Å²) in [6.45, 7) is 5.16. The number of carbonyl (C=O) groups excluding carboxylic acids is 1. The highest BCUT2D eigenvalue weighted by Gasteiger charge is 2.34. The number of nitro benzene ring substituents is 1. The Morgan fingerprint density at radius 1 is 1.02 bits per heavy atom. The van der Waals surface area contributed by atoms with Gasteiger partial charge in [-0.25, -0.2) is 13.8 Å². The molecule has 0 atom stereocenters. The van der Waals surface area contributed by atoms with E-state index in [0.717, 1.165) is 44.6 Å². The van der Waals surface area contributed by atoms with Crippen LogP contribution in [0, 0.1) is 30.9 Å². The van der Waals surface area contributed by atoms with Gasteiger partial charge in [0, 0.05) is 34.8 Å². The largest absolute Gasteiger partial charge is 0.497 e. The minimum absolute atomic E-state index is 0.0256. The first kappa shape index (κ1) is 30.8. The smallest absolute Gasteiger partial charge is 0.289 e. The summed E-state index contributed by atoms with van der Waals surface area (Å²) >= 11 is 0. The molecule has 0 unspecified atom stereocenters. The summed E-state index contributed by atoms with van der Waals surface area (Å²) in [7, 11) is -1.89. The molecule has 0 saturated heterocycles. The molecule has 0 aliphatic heterocycles. The lowest BCUT2D eigenvalue weighted by Crippen LogP contribution is -2.40. The summed E-state index contributed by atoms with van der Waals surface area (Å²) in [5.74, 6) is -0.341. The average molecular weight is 606 g/mol. The van der Waals surface area contributed by atoms with Crippen molar-refractivity contribution in [2.24, 2.45) is 5.10 Å². The molecular formula is C30H31N5O7S. The fraction of sp³-hybridized carbons (Fsp3) is 0.200. The molecule has 1 aromatic heterocycles. The highest BCUT2D eigenvalue weighted by molar-refractivity contribution is 7.93. The normalized spacial score (nSPS) is 11.4. The molecule has 0 aliphatic carbocycles. The number of amides is 1. The Kier molecular flexibility index (Phi) is 9.15. The van der Waals surface area contributed by atoms with Crippen molar-refractivity contribution in [2.45, 2.75) is 25.7 Å². The van der Waals surface area contributed by atoms with Crippen molar-refractivity contribution < 1.29 is 27.6 Å². The van der Waals surface area contributed by atoms with Gasteiger partial charge in [-0.15, -0.1) is 0 Å². The van der Waals surface area contributed by atoms with Gasteiger partial charge in [0.05, 0.1) is 31.0 Å². The zero-order valence-electron chi connectivity index (χ0n) is 24.3. The number of para-hydroxylation sites is 2. The van der Waals surface area contributed by atoms with E-state index in [1.807, 2.05) is 51.1 Å². The molecule has 4 aromatic rings. The van der Waals surface area contributed by atoms with Gasteiger partial charge in [-0.05, 0) is 56.7 Å². The number of nitrogens with one attached hydrogen (secondary N) is 1. The van der Waals surface area contributed by atoms with Crippen LogP contribution < -0.4 is 19.2 Å². The van der Waals surface area contributed by atoms with E-state index in [-0.39, 0.29) is 11.4 Å². The molecule has 224 valence electrons. The van der Waals surface area contributed by atoms with Crippen molar-refractivity contribution in [1.82, 2.24) is 9.99 Å². The van der Waals surface area contributed by atoms with Crippen LogP contribution in [-0.4, -0.2) is 50.8 Å². The minimum Gasteiger partial charge on any atom is -0.497 e. The van der Waals surface area contributed by atoms with Gasteiger partial charge < -0.3 is 14.0 Å². The van der Waals surface area contributed by atoms with E-state index >= 15 is 0 Å². The quantitative estimate of drug-likeness (QED) is 0.149. The van der Waals surface area contributed by atoms with Crippen LogP contribution in [0.15, 0.2) is 82.8 Å². The van der Waals surface area contributed by atoms with Gasteiger partial charge in [0.1, 0.15) is 18.0 Å². The standard InChI is InChI=1S/C30H31N5O7S/c1-20-10-6-7-11-25(20)34-21(2)16-23(22(34)3)18-31-32-30(36)19-33(26-15-14-24(41-4)17-28(26)42-5)43(39,40)29-13-9-8-12-27(29)35(37)38/h6-18H,19H2,1-5H3,(H,32,36)/b31-18-. The van der Waals surface area contributed by atoms with Crippen molar-refractivity contribution in [1.29, 1.82) is 0 Å². The van der Waals surface area contributed by atoms with Crippen LogP contribution in [-0.2, 0) is 14.8 Å². The third-order valence-electron chi connectivity index (χ3n) is 6.79. The predicted octanol–water partition coefficient (Wildman–Crippen LogP) is 4.67. The Labute approximate surface area is 249 Å². The molecule has 3 aromatic carbocycles. The zero-order valence-corrected chi connectivity index (χ0v) is 25.1. The van der Waals surface area contributed by atoms with Crippen LogP contribution >= 0.6 is 0 Å². The van der Waals surface area contributed by atoms with E-state index in [2.05, 4.69) is 15.1 Å². The first-order valence-corrected chi connectivity index (χ1v) is 14.5. The molecule has 1 heterocycles. The van der Waals surface area contributed by atoms with E-state index in [4.69, 9.17) is 9.47 Å². The fourth-order valence-corrected chi connectivity index (χ4v) is 6.27. The summed E-state index contributed by atoms with van der Waals surface area (Å²) in [5.41, 5.74) is 6.44. The number of carbonyl (C=O) groups is 1. The fourth-order valence-electron chi connectivity index (χ4n) is 4.68. The molecule has 0 fully saturated rings. The SMILES string of the molecule is COc1ccc(N(CC(=O)N/N=C\c2cc(C)n(-c3ccccc3C)c2C)S(=O)(=O)c2ccccc2[N+](=O)[O-])c(OC)c1. The van der Waals surface area contributed by atoms with Gasteiger partial charge >= 0.3 is 0 Å². The van der Waals surface area contributed by atoms with Crippen LogP contribution in [0.1, 0.15) is 22.5 Å². The number of sulfonamides is 1. The molecule has 13 heteroatoms. The summed E-state index contributed by atoms with van der Waals surface area (Å²) in [6, 6.07) is 19.1. The second-order valence-electron chi connectivity index (χ2n) is 9.52. The van der Waals surface area contributed by atoms with Crippen molar-refractivity contribution >= 4 is 33.5 Å². The lowest BCUT2D eigenvalue weighted by Gasteiger charge is -2.25. The second-order valence-corrected chi connectivity index (χ2v) is 11.3. The van der Waals surface area contributed by atoms with Crippen LogP contribution in [0.2, 0.25) is 0 Å². The number of rotatable bonds is 11. The van der Waals surface area contributed by atoms with E-state index in [9.17, 15) is 23.3 Å². The first-order chi connectivity index (χ1) is 20.5. The number of methoxy groups -OCH3 is 2. The Morgan fingerprint density at radius 3 is 2.40 bits per heavy atom. The first-order valence-electron chi connectivity index (χ1n) is 13.0. The molecular weight excluding hydrogens is 574 g/mol. The maximum atomic E-state index is 13.9. The number of hydrogen-bond donors (Lipinski definition) is 1. The van der Waals surface area contributed by atoms with E-state index in [0.29, 0.717) is 5.75 Å². The molecule has 0 radical (unpaired) electrons. The topological polar surface area (TPSA) is 145 Å². The molecule has 0 aliphatic rings. The van der Waals surface area contributed by atoms with Gasteiger partial charge in [0.2, 0.25) is 0 Å². The Morgan fingerprint density at radius 2 is 1.72 bits per heavy atom. The van der Waals surface area contributed by atoms with Crippen molar-refractivity contribution in [3.8, 4) is 17.2 Å². The van der Waals surface area contributed by atoms with Crippen LogP contribution in [0.4, 0.5) is 11.4 Å². The molecule has 1 N–H and O–H groups in total. The number of aromatic nitrogens is 1. The molecule has 0 spiro atoms. The number of ether oxygens (including phenoxy) is 2. The number of hydrazone groups is 1. The number of benzene rings is 3. The third kappa shape index (κ3) is 6.36. The predicted molar refractivity (Wildman–Crippen MR) is 163 cm³/mol. The number of aryl methyl sites for hydroxylation is 2. The third-order valence-corrected chi connectivity index (χ3v) is 8.60. The van der Waals surface area contributed by atoms with Crippen molar-refractivity contribution in [3.63, 3.8) is 0 Å². The molecule has 12 nitrogen and oxygen atoms in total. The van der Waals surface area contributed by atoms with E-state index in [1.54, 1.807) is 0 Å². The Balaban J connectivity index is 1.66. The van der Waals surface area contributed by atoms with Crippen LogP contribution in [0.25, 0.3) is 5.69 Å². The molecule has 0 bridgehead atoms. The zero-order chi connectivity index (χ0) is 31.3. The minimum atomic E-state index is -4.64. The van der Waals surface area contributed by atoms with Crippen LogP contribution in [0.3, 0.4) is 0 Å². The second kappa shape index (κ2) is 12.8. The molecule has 1 amide bonds. The maximum absolute atomic E-state index is 13.9. The lowest BCUT2D eigenvalue weighted by atomic mass is 10.2. The number of nitrogens with zero attached hydrogens (tertiary/aromatic N) is 4. The van der Waals surface area contributed by atoms with Gasteiger partial charge in [0.25, 0.3) is 21.6 Å². The van der Waals surface area contributed by atoms with E-state index < -0.39 is 38.0 Å².